The summed E-state index contributed by atoms with van der Waals surface area (Å²) in [7, 11) is 1.48. The second kappa shape index (κ2) is 7.34. The molecule has 8 heteroatoms. The maximum absolute atomic E-state index is 12.8. The molecule has 0 bridgehead atoms. The van der Waals surface area contributed by atoms with Gasteiger partial charge in [0, 0.05) is 12.5 Å². The van der Waals surface area contributed by atoms with Crippen molar-refractivity contribution in [1.29, 1.82) is 0 Å². The van der Waals surface area contributed by atoms with Crippen LogP contribution in [0.5, 0.6) is 0 Å². The Morgan fingerprint density at radius 3 is 2.89 bits per heavy atom. The zero-order chi connectivity index (χ0) is 19.0. The van der Waals surface area contributed by atoms with Gasteiger partial charge in [-0.25, -0.2) is 0 Å². The highest BCUT2D eigenvalue weighted by Crippen LogP contribution is 2.32. The lowest BCUT2D eigenvalue weighted by molar-refractivity contribution is -0.125. The molecule has 27 heavy (non-hydrogen) atoms. The SMILES string of the molecule is COCC(=O)N[C@@H]1c2ccccc2C[C@H]1NC(=O)c1cc2cc(Cl)sc2[nH]1. The number of benzene rings is 1. The van der Waals surface area contributed by atoms with E-state index < -0.39 is 0 Å². The molecule has 0 saturated carbocycles. The van der Waals surface area contributed by atoms with E-state index in [1.54, 1.807) is 6.07 Å². The zero-order valence-corrected chi connectivity index (χ0v) is 16.1. The molecule has 140 valence electrons. The Hall–Kier alpha value is -2.35. The first-order valence-electron chi connectivity index (χ1n) is 8.50. The van der Waals surface area contributed by atoms with Gasteiger partial charge in [0.15, 0.2) is 0 Å². The number of hydrogen-bond donors (Lipinski definition) is 3. The molecule has 0 fully saturated rings. The molecular weight excluding hydrogens is 386 g/mol. The molecule has 2 aromatic heterocycles. The van der Waals surface area contributed by atoms with E-state index in [0.29, 0.717) is 16.5 Å². The van der Waals surface area contributed by atoms with Gasteiger partial charge in [-0.2, -0.15) is 0 Å². The number of fused-ring (bicyclic) bond motifs is 2. The standard InChI is InChI=1S/C19H18ClN3O3S/c1-26-9-16(24)23-17-12-5-3-2-4-10(12)6-13(17)21-18(25)14-7-11-8-15(20)27-19(11)22-14/h2-5,7-8,13,17,22H,6,9H2,1H3,(H,21,25)(H,23,24)/t13-,17-/m1/s1. The Morgan fingerprint density at radius 2 is 2.11 bits per heavy atom. The highest BCUT2D eigenvalue weighted by molar-refractivity contribution is 7.22. The van der Waals surface area contributed by atoms with Crippen LogP contribution in [0.25, 0.3) is 10.2 Å². The van der Waals surface area contributed by atoms with Crippen LogP contribution in [0.1, 0.15) is 27.7 Å². The first kappa shape index (κ1) is 18.0. The van der Waals surface area contributed by atoms with Gasteiger partial charge in [-0.1, -0.05) is 35.9 Å². The molecule has 2 atom stereocenters. The average molecular weight is 404 g/mol. The Kier molecular flexibility index (Phi) is 4.90. The third-order valence-corrected chi connectivity index (χ3v) is 5.86. The fourth-order valence-electron chi connectivity index (χ4n) is 3.51. The lowest BCUT2D eigenvalue weighted by atomic mass is 10.1. The summed E-state index contributed by atoms with van der Waals surface area (Å²) in [4.78, 5) is 28.8. The molecule has 0 unspecified atom stereocenters. The van der Waals surface area contributed by atoms with Crippen LogP contribution in [0.2, 0.25) is 4.34 Å². The minimum Gasteiger partial charge on any atom is -0.375 e. The van der Waals surface area contributed by atoms with Gasteiger partial charge >= 0.3 is 0 Å². The Morgan fingerprint density at radius 1 is 1.30 bits per heavy atom. The quantitative estimate of drug-likeness (QED) is 0.612. The number of methoxy groups -OCH3 is 1. The number of aromatic nitrogens is 1. The highest BCUT2D eigenvalue weighted by atomic mass is 35.5. The molecule has 6 nitrogen and oxygen atoms in total. The number of amides is 2. The summed E-state index contributed by atoms with van der Waals surface area (Å²) in [6, 6.07) is 11.0. The molecule has 2 heterocycles. The number of aromatic amines is 1. The summed E-state index contributed by atoms with van der Waals surface area (Å²) in [6.45, 7) is -0.0208. The van der Waals surface area contributed by atoms with Gasteiger partial charge < -0.3 is 20.4 Å². The predicted molar refractivity (Wildman–Crippen MR) is 105 cm³/mol. The molecule has 1 aliphatic rings. The molecule has 0 saturated heterocycles. The molecule has 3 aromatic rings. The lowest BCUT2D eigenvalue weighted by Crippen LogP contribution is -2.45. The molecule has 2 amide bonds. The van der Waals surface area contributed by atoms with Crippen LogP contribution in [0.3, 0.4) is 0 Å². The second-order valence-corrected chi connectivity index (χ2v) is 8.16. The molecule has 1 aliphatic carbocycles. The smallest absolute Gasteiger partial charge is 0.268 e. The second-order valence-electron chi connectivity index (χ2n) is 6.48. The highest BCUT2D eigenvalue weighted by Gasteiger charge is 2.34. The molecule has 1 aromatic carbocycles. The van der Waals surface area contributed by atoms with E-state index in [1.807, 2.05) is 30.3 Å². The van der Waals surface area contributed by atoms with Crippen molar-refractivity contribution in [3.8, 4) is 0 Å². The minimum atomic E-state index is -0.293. The first-order chi connectivity index (χ1) is 13.0. The number of halogens is 1. The summed E-state index contributed by atoms with van der Waals surface area (Å²) in [5.41, 5.74) is 2.61. The van der Waals surface area contributed by atoms with Crippen molar-refractivity contribution in [2.45, 2.75) is 18.5 Å². The summed E-state index contributed by atoms with van der Waals surface area (Å²) < 4.78 is 5.58. The molecule has 4 rings (SSSR count). The van der Waals surface area contributed by atoms with E-state index in [9.17, 15) is 9.59 Å². The number of H-pyrrole nitrogens is 1. The van der Waals surface area contributed by atoms with E-state index >= 15 is 0 Å². The molecule has 0 radical (unpaired) electrons. The van der Waals surface area contributed by atoms with Crippen LogP contribution in [0, 0.1) is 0 Å². The van der Waals surface area contributed by atoms with Gasteiger partial charge in [-0.15, -0.1) is 11.3 Å². The summed E-state index contributed by atoms with van der Waals surface area (Å²) >= 11 is 7.38. The number of thiophene rings is 1. The summed E-state index contributed by atoms with van der Waals surface area (Å²) in [5.74, 6) is -0.424. The monoisotopic (exact) mass is 403 g/mol. The van der Waals surface area contributed by atoms with Gasteiger partial charge in [-0.05, 0) is 29.7 Å². The average Bonchev–Trinajstić information content (AvgIpc) is 3.27. The van der Waals surface area contributed by atoms with Crippen molar-refractivity contribution < 1.29 is 14.3 Å². The summed E-state index contributed by atoms with van der Waals surface area (Å²) in [5, 5.41) is 6.93. The maximum Gasteiger partial charge on any atom is 0.268 e. The van der Waals surface area contributed by atoms with Gasteiger partial charge in [-0.3, -0.25) is 9.59 Å². The van der Waals surface area contributed by atoms with E-state index in [2.05, 4.69) is 15.6 Å². The number of ether oxygens (including phenoxy) is 1. The molecule has 0 spiro atoms. The van der Waals surface area contributed by atoms with Crippen molar-refractivity contribution >= 4 is 45.0 Å². The van der Waals surface area contributed by atoms with Gasteiger partial charge in [0.1, 0.15) is 17.1 Å². The van der Waals surface area contributed by atoms with E-state index in [0.717, 1.165) is 21.3 Å². The molecule has 0 aliphatic heterocycles. The number of carbonyl (C=O) groups excluding carboxylic acids is 2. The van der Waals surface area contributed by atoms with Crippen molar-refractivity contribution in [1.82, 2.24) is 15.6 Å². The van der Waals surface area contributed by atoms with Gasteiger partial charge in [0.05, 0.1) is 16.4 Å². The Labute approximate surface area is 164 Å². The molecular formula is C19H18ClN3O3S. The first-order valence-corrected chi connectivity index (χ1v) is 9.69. The van der Waals surface area contributed by atoms with Crippen molar-refractivity contribution in [3.63, 3.8) is 0 Å². The van der Waals surface area contributed by atoms with Gasteiger partial charge in [0.2, 0.25) is 5.91 Å². The van der Waals surface area contributed by atoms with Crippen LogP contribution in [-0.2, 0) is 16.0 Å². The predicted octanol–water partition coefficient (Wildman–Crippen LogP) is 3.04. The fourth-order valence-corrected chi connectivity index (χ4v) is 4.64. The van der Waals surface area contributed by atoms with Crippen LogP contribution in [0.4, 0.5) is 0 Å². The van der Waals surface area contributed by atoms with Crippen LogP contribution < -0.4 is 10.6 Å². The van der Waals surface area contributed by atoms with Crippen molar-refractivity contribution in [2.24, 2.45) is 0 Å². The van der Waals surface area contributed by atoms with Gasteiger partial charge in [0.25, 0.3) is 5.91 Å². The Balaban J connectivity index is 1.54. The number of nitrogens with one attached hydrogen (secondary N) is 3. The van der Waals surface area contributed by atoms with E-state index in [-0.39, 0.29) is 30.5 Å². The third-order valence-electron chi connectivity index (χ3n) is 4.66. The number of hydrogen-bond acceptors (Lipinski definition) is 4. The van der Waals surface area contributed by atoms with E-state index in [1.165, 1.54) is 18.4 Å². The zero-order valence-electron chi connectivity index (χ0n) is 14.5. The Bertz CT molecular complexity index is 981. The topological polar surface area (TPSA) is 83.2 Å². The lowest BCUT2D eigenvalue weighted by Gasteiger charge is -2.23. The maximum atomic E-state index is 12.8. The van der Waals surface area contributed by atoms with Crippen molar-refractivity contribution in [2.75, 3.05) is 13.7 Å². The van der Waals surface area contributed by atoms with E-state index in [4.69, 9.17) is 16.3 Å². The minimum absolute atomic E-state index is 0.0208. The number of rotatable bonds is 5. The largest absolute Gasteiger partial charge is 0.375 e. The normalized spacial score (nSPS) is 18.4. The van der Waals surface area contributed by atoms with Crippen LogP contribution in [-0.4, -0.2) is 36.6 Å². The molecule has 3 N–H and O–H groups in total. The fraction of sp³-hybridized carbons (Fsp3) is 0.263. The van der Waals surface area contributed by atoms with Crippen LogP contribution in [0.15, 0.2) is 36.4 Å². The van der Waals surface area contributed by atoms with Crippen molar-refractivity contribution in [3.05, 3.63) is 57.6 Å². The number of carbonyl (C=O) groups is 2. The van der Waals surface area contributed by atoms with Crippen LogP contribution >= 0.6 is 22.9 Å². The summed E-state index contributed by atoms with van der Waals surface area (Å²) in [6.07, 6.45) is 0.654. The third kappa shape index (κ3) is 3.58.